The van der Waals surface area contributed by atoms with Crippen LogP contribution in [0.2, 0.25) is 0 Å². The molecule has 8 nitrogen and oxygen atoms in total. The summed E-state index contributed by atoms with van der Waals surface area (Å²) in [7, 11) is 1.64. The minimum absolute atomic E-state index is 0.159. The highest BCUT2D eigenvalue weighted by atomic mass is 16.5. The van der Waals surface area contributed by atoms with E-state index in [1.165, 1.54) is 0 Å². The summed E-state index contributed by atoms with van der Waals surface area (Å²) in [5, 5.41) is 11.3. The third-order valence-electron chi connectivity index (χ3n) is 7.07. The zero-order chi connectivity index (χ0) is 26.8. The van der Waals surface area contributed by atoms with Gasteiger partial charge in [-0.05, 0) is 61.6 Å². The summed E-state index contributed by atoms with van der Waals surface area (Å²) in [6, 6.07) is 13.8. The summed E-state index contributed by atoms with van der Waals surface area (Å²) in [5.74, 6) is 2.38. The van der Waals surface area contributed by atoms with E-state index in [1.54, 1.807) is 7.11 Å². The molecule has 2 aromatic carbocycles. The maximum atomic E-state index is 12.2. The van der Waals surface area contributed by atoms with Gasteiger partial charge < -0.3 is 29.0 Å². The minimum Gasteiger partial charge on any atom is -0.493 e. The molecule has 208 valence electrons. The molecule has 0 spiro atoms. The number of amides is 1. The fourth-order valence-electron chi connectivity index (χ4n) is 5.04. The van der Waals surface area contributed by atoms with Crippen molar-refractivity contribution < 1.29 is 28.8 Å². The van der Waals surface area contributed by atoms with E-state index in [0.717, 1.165) is 55.6 Å². The normalized spacial score (nSPS) is 21.0. The van der Waals surface area contributed by atoms with Gasteiger partial charge in [-0.15, -0.1) is 0 Å². The fraction of sp³-hybridized carbons (Fsp3) is 0.567. The standard InChI is InChI=1S/C30H42N2O6/c1-24-8-6-9-26(18-24)38-23-30(34)21-31(15-17-36-22-30)20-25-11-12-27(28(19-25)35-2)37-16-7-14-32-13-5-3-4-10-29(32)33/h6,8-9,11-12,18-19,34H,3-5,7,10,13-17,20-23H2,1-2H3/t30-/m1/s1. The monoisotopic (exact) mass is 526 g/mol. The number of methoxy groups -OCH3 is 1. The second kappa shape index (κ2) is 13.8. The van der Waals surface area contributed by atoms with Crippen LogP contribution >= 0.6 is 0 Å². The van der Waals surface area contributed by atoms with Crippen molar-refractivity contribution in [3.05, 3.63) is 53.6 Å². The zero-order valence-corrected chi connectivity index (χ0v) is 22.8. The van der Waals surface area contributed by atoms with Gasteiger partial charge in [-0.3, -0.25) is 9.69 Å². The van der Waals surface area contributed by atoms with E-state index in [9.17, 15) is 9.90 Å². The summed E-state index contributed by atoms with van der Waals surface area (Å²) in [5.41, 5.74) is 1.07. The van der Waals surface area contributed by atoms with Crippen LogP contribution in [0.5, 0.6) is 17.2 Å². The van der Waals surface area contributed by atoms with Crippen molar-refractivity contribution in [1.29, 1.82) is 0 Å². The number of aliphatic hydroxyl groups is 1. The molecule has 2 saturated heterocycles. The van der Waals surface area contributed by atoms with E-state index in [0.29, 0.717) is 50.8 Å². The van der Waals surface area contributed by atoms with E-state index in [1.807, 2.05) is 54.3 Å². The van der Waals surface area contributed by atoms with Crippen molar-refractivity contribution in [2.45, 2.75) is 51.2 Å². The number of nitrogens with zero attached hydrogens (tertiary/aromatic N) is 2. The molecule has 2 aromatic rings. The van der Waals surface area contributed by atoms with Gasteiger partial charge in [0.2, 0.25) is 5.91 Å². The van der Waals surface area contributed by atoms with E-state index >= 15 is 0 Å². The van der Waals surface area contributed by atoms with Crippen molar-refractivity contribution >= 4 is 5.91 Å². The number of ether oxygens (including phenoxy) is 4. The number of aryl methyl sites for hydroxylation is 1. The average Bonchev–Trinajstić information content (AvgIpc) is 3.23. The largest absolute Gasteiger partial charge is 0.493 e. The van der Waals surface area contributed by atoms with Gasteiger partial charge in [0.1, 0.15) is 18.0 Å². The van der Waals surface area contributed by atoms with Crippen LogP contribution in [-0.4, -0.2) is 86.1 Å². The van der Waals surface area contributed by atoms with Gasteiger partial charge in [0.15, 0.2) is 11.5 Å². The maximum Gasteiger partial charge on any atom is 0.222 e. The van der Waals surface area contributed by atoms with Crippen LogP contribution in [0.25, 0.3) is 0 Å². The van der Waals surface area contributed by atoms with Crippen LogP contribution in [0.4, 0.5) is 0 Å². The van der Waals surface area contributed by atoms with E-state index in [-0.39, 0.29) is 19.1 Å². The van der Waals surface area contributed by atoms with Crippen LogP contribution in [0.15, 0.2) is 42.5 Å². The van der Waals surface area contributed by atoms with Gasteiger partial charge in [0.05, 0.1) is 26.9 Å². The number of β-amino-alcohol motifs (C(OH)–C–C–N with tert-alkyl or cyclic N) is 1. The second-order valence-corrected chi connectivity index (χ2v) is 10.5. The SMILES string of the molecule is COc1cc(CN2CCOC[C@@](O)(COc3cccc(C)c3)C2)ccc1OCCCN1CCCCCC1=O. The van der Waals surface area contributed by atoms with E-state index in [2.05, 4.69) is 4.90 Å². The van der Waals surface area contributed by atoms with Gasteiger partial charge in [0.25, 0.3) is 0 Å². The molecule has 1 N–H and O–H groups in total. The number of hydrogen-bond donors (Lipinski definition) is 1. The molecule has 4 rings (SSSR count). The molecule has 8 heteroatoms. The zero-order valence-electron chi connectivity index (χ0n) is 22.8. The van der Waals surface area contributed by atoms with Gasteiger partial charge >= 0.3 is 0 Å². The third kappa shape index (κ3) is 8.35. The molecule has 1 atom stereocenters. The lowest BCUT2D eigenvalue weighted by Crippen LogP contribution is -2.48. The third-order valence-corrected chi connectivity index (χ3v) is 7.07. The van der Waals surface area contributed by atoms with Crippen LogP contribution in [-0.2, 0) is 16.1 Å². The Morgan fingerprint density at radius 1 is 1.05 bits per heavy atom. The fourth-order valence-corrected chi connectivity index (χ4v) is 5.04. The van der Waals surface area contributed by atoms with Crippen molar-refractivity contribution in [2.75, 3.05) is 59.7 Å². The molecule has 2 aliphatic rings. The van der Waals surface area contributed by atoms with Gasteiger partial charge in [-0.25, -0.2) is 0 Å². The number of carbonyl (C=O) groups is 1. The Morgan fingerprint density at radius 2 is 1.95 bits per heavy atom. The molecule has 2 heterocycles. The number of carbonyl (C=O) groups excluding carboxylic acids is 1. The number of benzene rings is 2. The summed E-state index contributed by atoms with van der Waals surface area (Å²) in [6.45, 7) is 6.85. The van der Waals surface area contributed by atoms with Crippen LogP contribution < -0.4 is 14.2 Å². The van der Waals surface area contributed by atoms with Crippen molar-refractivity contribution in [2.24, 2.45) is 0 Å². The highest BCUT2D eigenvalue weighted by molar-refractivity contribution is 5.76. The molecule has 2 fully saturated rings. The average molecular weight is 527 g/mol. The second-order valence-electron chi connectivity index (χ2n) is 10.5. The Morgan fingerprint density at radius 3 is 2.79 bits per heavy atom. The molecule has 0 bridgehead atoms. The summed E-state index contributed by atoms with van der Waals surface area (Å²) in [4.78, 5) is 16.3. The molecule has 0 unspecified atom stereocenters. The minimum atomic E-state index is -1.11. The molecule has 1 amide bonds. The molecular formula is C30H42N2O6. The lowest BCUT2D eigenvalue weighted by Gasteiger charge is -2.30. The summed E-state index contributed by atoms with van der Waals surface area (Å²) >= 11 is 0. The lowest BCUT2D eigenvalue weighted by molar-refractivity contribution is -0.130. The molecule has 38 heavy (non-hydrogen) atoms. The Kier molecular flexibility index (Phi) is 10.3. The molecule has 0 aromatic heterocycles. The maximum absolute atomic E-state index is 12.2. The van der Waals surface area contributed by atoms with Gasteiger partial charge in [0, 0.05) is 39.1 Å². The first-order chi connectivity index (χ1) is 18.4. The Bertz CT molecular complexity index is 1050. The van der Waals surface area contributed by atoms with Crippen LogP contribution in [0.1, 0.15) is 43.2 Å². The van der Waals surface area contributed by atoms with Crippen LogP contribution in [0.3, 0.4) is 0 Å². The Labute approximate surface area is 226 Å². The quantitative estimate of drug-likeness (QED) is 0.446. The first-order valence-corrected chi connectivity index (χ1v) is 13.7. The highest BCUT2D eigenvalue weighted by Gasteiger charge is 2.33. The van der Waals surface area contributed by atoms with Crippen LogP contribution in [0, 0.1) is 6.92 Å². The van der Waals surface area contributed by atoms with E-state index < -0.39 is 5.60 Å². The summed E-state index contributed by atoms with van der Waals surface area (Å²) < 4.78 is 23.3. The van der Waals surface area contributed by atoms with Crippen molar-refractivity contribution in [3.63, 3.8) is 0 Å². The first kappa shape index (κ1) is 28.2. The number of likely N-dealkylation sites (tertiary alicyclic amines) is 1. The van der Waals surface area contributed by atoms with Crippen molar-refractivity contribution in [3.8, 4) is 17.2 Å². The molecule has 0 aliphatic carbocycles. The van der Waals surface area contributed by atoms with E-state index in [4.69, 9.17) is 18.9 Å². The first-order valence-electron chi connectivity index (χ1n) is 13.7. The van der Waals surface area contributed by atoms with Gasteiger partial charge in [-0.2, -0.15) is 0 Å². The predicted octanol–water partition coefficient (Wildman–Crippen LogP) is 3.82. The summed E-state index contributed by atoms with van der Waals surface area (Å²) in [6.07, 6.45) is 4.67. The topological polar surface area (TPSA) is 80.7 Å². The van der Waals surface area contributed by atoms with Crippen molar-refractivity contribution in [1.82, 2.24) is 9.80 Å². The number of hydrogen-bond acceptors (Lipinski definition) is 7. The molecule has 0 saturated carbocycles. The Balaban J connectivity index is 1.29. The highest BCUT2D eigenvalue weighted by Crippen LogP contribution is 2.29. The van der Waals surface area contributed by atoms with Gasteiger partial charge in [-0.1, -0.05) is 24.6 Å². The lowest BCUT2D eigenvalue weighted by atomic mass is 10.1. The smallest absolute Gasteiger partial charge is 0.222 e. The molecular weight excluding hydrogens is 484 g/mol. The molecule has 2 aliphatic heterocycles. The molecule has 0 radical (unpaired) electrons. The predicted molar refractivity (Wildman–Crippen MR) is 146 cm³/mol. The number of rotatable bonds is 11. The Hall–Kier alpha value is -2.81.